The number of hydrogen-bond donors (Lipinski definition) is 1. The Labute approximate surface area is 133 Å². The molecule has 1 atom stereocenters. The topological polar surface area (TPSA) is 73.5 Å². The molecule has 7 heteroatoms. The highest BCUT2D eigenvalue weighted by molar-refractivity contribution is 5.93. The van der Waals surface area contributed by atoms with Gasteiger partial charge in [0, 0.05) is 25.2 Å². The van der Waals surface area contributed by atoms with E-state index in [9.17, 15) is 4.79 Å². The van der Waals surface area contributed by atoms with E-state index in [0.29, 0.717) is 18.8 Å². The summed E-state index contributed by atoms with van der Waals surface area (Å²) in [6.07, 6.45) is 6.83. The minimum Gasteiger partial charge on any atom is -0.369 e. The standard InChI is InChI=1S/C16H19N5O2/c1-3-23-12(2)16(22)19-13-8-17-21(10-13)11-14-9-20-7-5-4-6-15(20)18-14/h4-10,12H,3,11H2,1-2H3,(H,19,22). The van der Waals surface area contributed by atoms with Gasteiger partial charge < -0.3 is 14.5 Å². The number of nitrogens with one attached hydrogen (secondary N) is 1. The van der Waals surface area contributed by atoms with Gasteiger partial charge in [0.15, 0.2) is 0 Å². The number of nitrogens with zero attached hydrogens (tertiary/aromatic N) is 4. The number of rotatable bonds is 6. The van der Waals surface area contributed by atoms with Crippen LogP contribution in [0.25, 0.3) is 5.65 Å². The van der Waals surface area contributed by atoms with E-state index in [1.807, 2.05) is 41.9 Å². The van der Waals surface area contributed by atoms with Crippen LogP contribution >= 0.6 is 0 Å². The summed E-state index contributed by atoms with van der Waals surface area (Å²) in [7, 11) is 0. The van der Waals surface area contributed by atoms with E-state index in [2.05, 4.69) is 15.4 Å². The molecule has 3 heterocycles. The van der Waals surface area contributed by atoms with Gasteiger partial charge in [-0.2, -0.15) is 5.10 Å². The molecule has 0 aliphatic carbocycles. The number of hydrogen-bond acceptors (Lipinski definition) is 4. The molecule has 0 spiro atoms. The van der Waals surface area contributed by atoms with Gasteiger partial charge in [0.05, 0.1) is 24.1 Å². The van der Waals surface area contributed by atoms with Crippen molar-refractivity contribution >= 4 is 17.2 Å². The van der Waals surface area contributed by atoms with Gasteiger partial charge in [-0.1, -0.05) is 6.07 Å². The molecular weight excluding hydrogens is 294 g/mol. The molecule has 0 aliphatic heterocycles. The van der Waals surface area contributed by atoms with Crippen LogP contribution in [-0.4, -0.2) is 37.8 Å². The second-order valence-electron chi connectivity index (χ2n) is 5.21. The molecule has 1 N–H and O–H groups in total. The molecule has 1 unspecified atom stereocenters. The van der Waals surface area contributed by atoms with Crippen molar-refractivity contribution in [3.05, 3.63) is 48.7 Å². The van der Waals surface area contributed by atoms with Crippen LogP contribution < -0.4 is 5.32 Å². The molecular formula is C16H19N5O2. The van der Waals surface area contributed by atoms with Crippen molar-refractivity contribution in [1.29, 1.82) is 0 Å². The Balaban J connectivity index is 1.66. The van der Waals surface area contributed by atoms with E-state index >= 15 is 0 Å². The maximum absolute atomic E-state index is 11.9. The number of fused-ring (bicyclic) bond motifs is 1. The maximum Gasteiger partial charge on any atom is 0.253 e. The molecule has 0 radical (unpaired) electrons. The molecule has 0 aromatic carbocycles. The van der Waals surface area contributed by atoms with Crippen molar-refractivity contribution in [2.75, 3.05) is 11.9 Å². The highest BCUT2D eigenvalue weighted by atomic mass is 16.5. The Morgan fingerprint density at radius 3 is 3.04 bits per heavy atom. The highest BCUT2D eigenvalue weighted by Crippen LogP contribution is 2.10. The molecule has 3 aromatic rings. The van der Waals surface area contributed by atoms with Gasteiger partial charge in [0.2, 0.25) is 0 Å². The van der Waals surface area contributed by atoms with Crippen LogP contribution in [0.5, 0.6) is 0 Å². The first-order valence-electron chi connectivity index (χ1n) is 7.53. The van der Waals surface area contributed by atoms with E-state index in [1.54, 1.807) is 24.0 Å². The molecule has 3 aromatic heterocycles. The molecule has 0 saturated heterocycles. The quantitative estimate of drug-likeness (QED) is 0.755. The Bertz CT molecular complexity index is 775. The number of carbonyl (C=O) groups is 1. The van der Waals surface area contributed by atoms with Crippen LogP contribution in [0, 0.1) is 0 Å². The van der Waals surface area contributed by atoms with Crippen LogP contribution in [0.4, 0.5) is 5.69 Å². The van der Waals surface area contributed by atoms with Crippen molar-refractivity contribution in [2.45, 2.75) is 26.5 Å². The van der Waals surface area contributed by atoms with Crippen LogP contribution in [0.1, 0.15) is 19.5 Å². The van der Waals surface area contributed by atoms with E-state index in [-0.39, 0.29) is 5.91 Å². The van der Waals surface area contributed by atoms with E-state index in [1.165, 1.54) is 0 Å². The third-order valence-electron chi connectivity index (χ3n) is 3.42. The first-order chi connectivity index (χ1) is 11.2. The average Bonchev–Trinajstić information content (AvgIpc) is 3.13. The summed E-state index contributed by atoms with van der Waals surface area (Å²) in [5.74, 6) is -0.181. The molecule has 7 nitrogen and oxygen atoms in total. The minimum atomic E-state index is -0.484. The van der Waals surface area contributed by atoms with Crippen molar-refractivity contribution in [1.82, 2.24) is 19.2 Å². The summed E-state index contributed by atoms with van der Waals surface area (Å²) in [6.45, 7) is 4.62. The smallest absolute Gasteiger partial charge is 0.253 e. The SMILES string of the molecule is CCOC(C)C(=O)Nc1cnn(Cc2cn3ccccc3n2)c1. The fourth-order valence-corrected chi connectivity index (χ4v) is 2.31. The second kappa shape index (κ2) is 6.62. The molecule has 120 valence electrons. The third-order valence-corrected chi connectivity index (χ3v) is 3.42. The van der Waals surface area contributed by atoms with Crippen molar-refractivity contribution in [3.8, 4) is 0 Å². The molecule has 1 amide bonds. The zero-order valence-corrected chi connectivity index (χ0v) is 13.1. The summed E-state index contributed by atoms with van der Waals surface area (Å²) in [5, 5.41) is 7.04. The van der Waals surface area contributed by atoms with Crippen LogP contribution in [-0.2, 0) is 16.1 Å². The Morgan fingerprint density at radius 1 is 1.39 bits per heavy atom. The maximum atomic E-state index is 11.9. The Kier molecular flexibility index (Phi) is 4.38. The number of aromatic nitrogens is 4. The van der Waals surface area contributed by atoms with Gasteiger partial charge in [0.1, 0.15) is 11.8 Å². The summed E-state index contributed by atoms with van der Waals surface area (Å²) in [4.78, 5) is 16.4. The summed E-state index contributed by atoms with van der Waals surface area (Å²) >= 11 is 0. The number of imidazole rings is 1. The van der Waals surface area contributed by atoms with Crippen molar-refractivity contribution < 1.29 is 9.53 Å². The fourth-order valence-electron chi connectivity index (χ4n) is 2.31. The van der Waals surface area contributed by atoms with Gasteiger partial charge in [-0.25, -0.2) is 4.98 Å². The monoisotopic (exact) mass is 313 g/mol. The first kappa shape index (κ1) is 15.2. The largest absolute Gasteiger partial charge is 0.369 e. The lowest BCUT2D eigenvalue weighted by atomic mass is 10.3. The predicted molar refractivity (Wildman–Crippen MR) is 86.2 cm³/mol. The van der Waals surface area contributed by atoms with Crippen molar-refractivity contribution in [3.63, 3.8) is 0 Å². The number of carbonyl (C=O) groups excluding carboxylic acids is 1. The average molecular weight is 313 g/mol. The van der Waals surface area contributed by atoms with Crippen molar-refractivity contribution in [2.24, 2.45) is 0 Å². The van der Waals surface area contributed by atoms with E-state index in [4.69, 9.17) is 4.74 Å². The van der Waals surface area contributed by atoms with Gasteiger partial charge in [-0.15, -0.1) is 0 Å². The summed E-state index contributed by atoms with van der Waals surface area (Å²) in [5.41, 5.74) is 2.44. The Hall–Kier alpha value is -2.67. The van der Waals surface area contributed by atoms with Gasteiger partial charge in [-0.05, 0) is 26.0 Å². The van der Waals surface area contributed by atoms with E-state index < -0.39 is 6.10 Å². The highest BCUT2D eigenvalue weighted by Gasteiger charge is 2.13. The Morgan fingerprint density at radius 2 is 2.26 bits per heavy atom. The van der Waals surface area contributed by atoms with Crippen LogP contribution in [0.15, 0.2) is 43.0 Å². The van der Waals surface area contributed by atoms with Crippen LogP contribution in [0.3, 0.4) is 0 Å². The number of anilines is 1. The molecule has 0 bridgehead atoms. The molecule has 0 fully saturated rings. The third kappa shape index (κ3) is 3.57. The normalized spacial score (nSPS) is 12.4. The predicted octanol–water partition coefficient (Wildman–Crippen LogP) is 1.94. The fraction of sp³-hybridized carbons (Fsp3) is 0.312. The summed E-state index contributed by atoms with van der Waals surface area (Å²) < 4.78 is 8.96. The number of amides is 1. The summed E-state index contributed by atoms with van der Waals surface area (Å²) in [6, 6.07) is 5.86. The van der Waals surface area contributed by atoms with Gasteiger partial charge >= 0.3 is 0 Å². The zero-order chi connectivity index (χ0) is 16.2. The van der Waals surface area contributed by atoms with E-state index in [0.717, 1.165) is 11.3 Å². The lowest BCUT2D eigenvalue weighted by molar-refractivity contribution is -0.126. The molecule has 23 heavy (non-hydrogen) atoms. The number of ether oxygens (including phenoxy) is 1. The lowest BCUT2D eigenvalue weighted by Crippen LogP contribution is -2.27. The first-order valence-corrected chi connectivity index (χ1v) is 7.53. The lowest BCUT2D eigenvalue weighted by Gasteiger charge is -2.10. The second-order valence-corrected chi connectivity index (χ2v) is 5.21. The van der Waals surface area contributed by atoms with Gasteiger partial charge in [-0.3, -0.25) is 9.48 Å². The minimum absolute atomic E-state index is 0.181. The van der Waals surface area contributed by atoms with Gasteiger partial charge in [0.25, 0.3) is 5.91 Å². The number of pyridine rings is 1. The molecule has 3 rings (SSSR count). The van der Waals surface area contributed by atoms with Crippen LogP contribution in [0.2, 0.25) is 0 Å². The molecule has 0 aliphatic rings. The zero-order valence-electron chi connectivity index (χ0n) is 13.1. The molecule has 0 saturated carbocycles.